The molecule has 0 aliphatic carbocycles. The van der Waals surface area contributed by atoms with Crippen LogP contribution in [0.3, 0.4) is 0 Å². The van der Waals surface area contributed by atoms with E-state index in [2.05, 4.69) is 240 Å². The van der Waals surface area contributed by atoms with E-state index in [1.54, 1.807) is 0 Å². The summed E-state index contributed by atoms with van der Waals surface area (Å²) in [6, 6.07) is 82.5. The van der Waals surface area contributed by atoms with E-state index in [0.29, 0.717) is 0 Å². The number of hydrogen-bond acceptors (Lipinski definition) is 4. The maximum Gasteiger partial charge on any atom is 0.137 e. The summed E-state index contributed by atoms with van der Waals surface area (Å²) in [6.07, 6.45) is 0.594. The zero-order chi connectivity index (χ0) is 45.4. The highest BCUT2D eigenvalue weighted by Gasteiger charge is 2.27. The molecule has 0 fully saturated rings. The van der Waals surface area contributed by atoms with Gasteiger partial charge in [0, 0.05) is 62.2 Å². The second-order valence-corrected chi connectivity index (χ2v) is 18.3. The number of aromatic nitrogens is 1. The van der Waals surface area contributed by atoms with Crippen molar-refractivity contribution in [2.75, 3.05) is 0 Å². The van der Waals surface area contributed by atoms with E-state index >= 15 is 0 Å². The second kappa shape index (κ2) is 15.9. The molecule has 0 radical (unpaired) electrons. The molecule has 2 atom stereocenters. The van der Waals surface area contributed by atoms with E-state index in [9.17, 15) is 0 Å². The van der Waals surface area contributed by atoms with Gasteiger partial charge in [-0.3, -0.25) is 10.3 Å². The third-order valence-electron chi connectivity index (χ3n) is 14.2. The summed E-state index contributed by atoms with van der Waals surface area (Å²) >= 11 is 0. The first-order valence-electron chi connectivity index (χ1n) is 23.7. The Kier molecular flexibility index (Phi) is 9.11. The van der Waals surface area contributed by atoms with Crippen molar-refractivity contribution in [2.45, 2.75) is 18.6 Å². The van der Waals surface area contributed by atoms with E-state index in [1.165, 1.54) is 38.6 Å². The van der Waals surface area contributed by atoms with Crippen LogP contribution in [0.25, 0.3) is 105 Å². The van der Waals surface area contributed by atoms with Crippen molar-refractivity contribution in [2.24, 2.45) is 4.99 Å². The zero-order valence-electron chi connectivity index (χ0n) is 37.5. The molecule has 14 rings (SSSR count). The van der Waals surface area contributed by atoms with Gasteiger partial charge in [0.2, 0.25) is 0 Å². The van der Waals surface area contributed by atoms with Gasteiger partial charge in [-0.05, 0) is 105 Å². The Morgan fingerprint density at radius 2 is 0.855 bits per heavy atom. The molecule has 5 nitrogen and oxygen atoms in total. The summed E-state index contributed by atoms with van der Waals surface area (Å²) in [5.41, 5.74) is 18.3. The Morgan fingerprint density at radius 1 is 0.362 bits per heavy atom. The van der Waals surface area contributed by atoms with Crippen LogP contribution in [0.15, 0.2) is 244 Å². The predicted molar refractivity (Wildman–Crippen MR) is 284 cm³/mol. The Bertz CT molecular complexity index is 4030. The lowest BCUT2D eigenvalue weighted by Crippen LogP contribution is -2.33. The molecule has 4 heterocycles. The average molecular weight is 886 g/mol. The van der Waals surface area contributed by atoms with Gasteiger partial charge < -0.3 is 13.4 Å². The lowest BCUT2D eigenvalue weighted by atomic mass is 9.94. The van der Waals surface area contributed by atoms with Crippen LogP contribution in [-0.2, 0) is 0 Å². The van der Waals surface area contributed by atoms with Gasteiger partial charge in [0.1, 0.15) is 28.5 Å². The molecule has 13 aromatic rings. The third-order valence-corrected chi connectivity index (χ3v) is 14.2. The van der Waals surface area contributed by atoms with E-state index in [4.69, 9.17) is 13.8 Å². The average Bonchev–Trinajstić information content (AvgIpc) is 4.09. The van der Waals surface area contributed by atoms with Crippen molar-refractivity contribution in [3.8, 4) is 39.1 Å². The number of nitrogens with one attached hydrogen (secondary N) is 1. The largest absolute Gasteiger partial charge is 0.456 e. The fourth-order valence-electron chi connectivity index (χ4n) is 10.7. The van der Waals surface area contributed by atoms with Crippen molar-refractivity contribution in [1.82, 2.24) is 9.88 Å². The van der Waals surface area contributed by atoms with E-state index < -0.39 is 0 Å². The third kappa shape index (κ3) is 6.77. The summed E-state index contributed by atoms with van der Waals surface area (Å²) in [6.45, 7) is 0. The summed E-state index contributed by atoms with van der Waals surface area (Å²) in [7, 11) is 0. The molecule has 10 aromatic carbocycles. The molecule has 3 aromatic heterocycles. The molecule has 1 aliphatic heterocycles. The number of benzene rings is 10. The fraction of sp³-hybridized carbons (Fsp3) is 0.0469. The SMILES string of the molecule is c1ccc(C2=NC(c3ccc4c(c3)oc3ccc(-c5ccc6c(c5)oc5cc(-n7c8cc(-c9ccccc9)ccc8c8ccc(-c9ccccc9)cc87)ccc56)cc34)NC(c3ccccc3)C2)cc1. The number of nitrogens with zero attached hydrogens (tertiary/aromatic N) is 2. The first-order valence-corrected chi connectivity index (χ1v) is 23.7. The molecule has 326 valence electrons. The van der Waals surface area contributed by atoms with Gasteiger partial charge in [-0.25, -0.2) is 0 Å². The van der Waals surface area contributed by atoms with Gasteiger partial charge in [0.25, 0.3) is 0 Å². The summed E-state index contributed by atoms with van der Waals surface area (Å²) < 4.78 is 15.8. The van der Waals surface area contributed by atoms with Crippen molar-refractivity contribution in [3.63, 3.8) is 0 Å². The predicted octanol–water partition coefficient (Wildman–Crippen LogP) is 16.8. The minimum atomic E-state index is -0.221. The van der Waals surface area contributed by atoms with Gasteiger partial charge in [0.05, 0.1) is 11.0 Å². The van der Waals surface area contributed by atoms with Crippen molar-refractivity contribution in [3.05, 3.63) is 247 Å². The summed E-state index contributed by atoms with van der Waals surface area (Å²) in [5, 5.41) is 10.6. The van der Waals surface area contributed by atoms with Crippen LogP contribution in [0.5, 0.6) is 0 Å². The number of rotatable bonds is 7. The van der Waals surface area contributed by atoms with Crippen molar-refractivity contribution in [1.29, 1.82) is 0 Å². The lowest BCUT2D eigenvalue weighted by molar-refractivity contribution is 0.442. The van der Waals surface area contributed by atoms with Crippen LogP contribution in [0, 0.1) is 0 Å². The Labute approximate surface area is 398 Å². The van der Waals surface area contributed by atoms with E-state index in [-0.39, 0.29) is 12.2 Å². The van der Waals surface area contributed by atoms with Gasteiger partial charge >= 0.3 is 0 Å². The van der Waals surface area contributed by atoms with Crippen LogP contribution in [0.1, 0.15) is 35.3 Å². The highest BCUT2D eigenvalue weighted by Crippen LogP contribution is 2.41. The van der Waals surface area contributed by atoms with Gasteiger partial charge in [-0.1, -0.05) is 170 Å². The summed E-state index contributed by atoms with van der Waals surface area (Å²) in [4.78, 5) is 5.28. The van der Waals surface area contributed by atoms with Crippen LogP contribution in [-0.4, -0.2) is 10.3 Å². The first kappa shape index (κ1) is 39.4. The van der Waals surface area contributed by atoms with E-state index in [0.717, 1.165) is 95.0 Å². The lowest BCUT2D eigenvalue weighted by Gasteiger charge is -2.30. The molecule has 0 amide bonds. The van der Waals surface area contributed by atoms with Crippen LogP contribution >= 0.6 is 0 Å². The quantitative estimate of drug-likeness (QED) is 0.173. The summed E-state index contributed by atoms with van der Waals surface area (Å²) in [5.74, 6) is 0. The molecule has 1 aliphatic rings. The molecular weight excluding hydrogens is 843 g/mol. The number of hydrogen-bond donors (Lipinski definition) is 1. The molecule has 1 N–H and O–H groups in total. The molecule has 5 heteroatoms. The standard InChI is InChI=1S/C64H43N3O2/c1-5-13-40(14-6-1)45-21-27-50-51-28-22-46(41-15-7-2-8-16-41)35-59(51)67(58(50)34-45)49-26-31-53-52-29-23-47(36-61(52)69-63(53)38-49)44-25-32-60-55(33-44)54-30-24-48(37-62(54)68-60)64-65-56(42-17-9-3-10-18-42)39-57(66-64)43-19-11-4-12-20-43/h1-38,56,64-65H,39H2. The van der Waals surface area contributed by atoms with Gasteiger partial charge in [0.15, 0.2) is 0 Å². The highest BCUT2D eigenvalue weighted by molar-refractivity contribution is 6.13. The number of aliphatic imine (C=N–C) groups is 1. The second-order valence-electron chi connectivity index (χ2n) is 18.3. The maximum absolute atomic E-state index is 6.80. The Balaban J connectivity index is 0.828. The molecule has 0 saturated heterocycles. The fourth-order valence-corrected chi connectivity index (χ4v) is 10.7. The topological polar surface area (TPSA) is 55.6 Å². The van der Waals surface area contributed by atoms with Gasteiger partial charge in [-0.2, -0.15) is 0 Å². The molecule has 0 spiro atoms. The molecular formula is C64H43N3O2. The van der Waals surface area contributed by atoms with Crippen LogP contribution in [0.4, 0.5) is 0 Å². The molecule has 2 unspecified atom stereocenters. The normalized spacial score (nSPS) is 15.2. The van der Waals surface area contributed by atoms with Crippen LogP contribution in [0.2, 0.25) is 0 Å². The Morgan fingerprint density at radius 3 is 1.52 bits per heavy atom. The molecule has 69 heavy (non-hydrogen) atoms. The van der Waals surface area contributed by atoms with Gasteiger partial charge in [-0.15, -0.1) is 0 Å². The first-order chi connectivity index (χ1) is 34.1. The molecule has 0 saturated carbocycles. The minimum Gasteiger partial charge on any atom is -0.456 e. The maximum atomic E-state index is 6.80. The smallest absolute Gasteiger partial charge is 0.137 e. The highest BCUT2D eigenvalue weighted by atomic mass is 16.3. The monoisotopic (exact) mass is 885 g/mol. The van der Waals surface area contributed by atoms with Crippen molar-refractivity contribution >= 4 is 71.4 Å². The number of furan rings is 2. The van der Waals surface area contributed by atoms with Crippen molar-refractivity contribution < 1.29 is 8.83 Å². The molecule has 0 bridgehead atoms. The van der Waals surface area contributed by atoms with E-state index in [1.807, 2.05) is 0 Å². The minimum absolute atomic E-state index is 0.131. The zero-order valence-corrected chi connectivity index (χ0v) is 37.5. The number of fused-ring (bicyclic) bond motifs is 9. The van der Waals surface area contributed by atoms with Crippen LogP contribution < -0.4 is 5.32 Å². The Hall–Kier alpha value is -8.77.